The first-order chi connectivity index (χ1) is 7.15. The van der Waals surface area contributed by atoms with E-state index in [2.05, 4.69) is 25.7 Å². The van der Waals surface area contributed by atoms with E-state index in [1.165, 1.54) is 32.2 Å². The van der Waals surface area contributed by atoms with Crippen LogP contribution in [0.2, 0.25) is 0 Å². The van der Waals surface area contributed by atoms with E-state index in [1.807, 2.05) is 0 Å². The molecule has 2 atom stereocenters. The Morgan fingerprint density at radius 3 is 2.47 bits per heavy atom. The molecule has 1 saturated carbocycles. The summed E-state index contributed by atoms with van der Waals surface area (Å²) < 4.78 is 0. The second kappa shape index (κ2) is 6.49. The van der Waals surface area contributed by atoms with Gasteiger partial charge in [0.25, 0.3) is 0 Å². The molecule has 1 fully saturated rings. The molecular weight excluding hydrogens is 186 g/mol. The molecule has 0 amide bonds. The van der Waals surface area contributed by atoms with Crippen molar-refractivity contribution >= 4 is 0 Å². The van der Waals surface area contributed by atoms with E-state index in [0.29, 0.717) is 12.0 Å². The highest BCUT2D eigenvalue weighted by Crippen LogP contribution is 2.25. The standard InChI is InChI=1S/C13H27NO/c1-4-9-14(11(2)3)10-12-7-5-6-8-13(12)15/h11-13,15H,4-10H2,1-3H3. The molecule has 1 rings (SSSR count). The average molecular weight is 213 g/mol. The van der Waals surface area contributed by atoms with E-state index in [4.69, 9.17) is 0 Å². The van der Waals surface area contributed by atoms with Crippen molar-refractivity contribution < 1.29 is 5.11 Å². The highest BCUT2D eigenvalue weighted by atomic mass is 16.3. The van der Waals surface area contributed by atoms with Crippen LogP contribution in [0.3, 0.4) is 0 Å². The maximum atomic E-state index is 9.94. The first kappa shape index (κ1) is 13.0. The van der Waals surface area contributed by atoms with Crippen molar-refractivity contribution in [2.45, 2.75) is 65.0 Å². The first-order valence-electron chi connectivity index (χ1n) is 6.57. The van der Waals surface area contributed by atoms with Gasteiger partial charge in [-0.3, -0.25) is 0 Å². The van der Waals surface area contributed by atoms with E-state index < -0.39 is 0 Å². The molecule has 2 heteroatoms. The lowest BCUT2D eigenvalue weighted by atomic mass is 9.86. The highest BCUT2D eigenvalue weighted by molar-refractivity contribution is 4.78. The van der Waals surface area contributed by atoms with Gasteiger partial charge in [-0.05, 0) is 45.6 Å². The average Bonchev–Trinajstić information content (AvgIpc) is 2.20. The highest BCUT2D eigenvalue weighted by Gasteiger charge is 2.25. The summed E-state index contributed by atoms with van der Waals surface area (Å²) in [6, 6.07) is 0.610. The summed E-state index contributed by atoms with van der Waals surface area (Å²) in [5.41, 5.74) is 0. The number of nitrogens with zero attached hydrogens (tertiary/aromatic N) is 1. The molecule has 0 aromatic carbocycles. The summed E-state index contributed by atoms with van der Waals surface area (Å²) in [6.45, 7) is 9.00. The predicted molar refractivity (Wildman–Crippen MR) is 65.0 cm³/mol. The third-order valence-electron chi connectivity index (χ3n) is 3.58. The third-order valence-corrected chi connectivity index (χ3v) is 3.58. The zero-order valence-corrected chi connectivity index (χ0v) is 10.6. The molecule has 0 bridgehead atoms. The Kier molecular flexibility index (Phi) is 5.62. The molecule has 0 aliphatic heterocycles. The zero-order valence-electron chi connectivity index (χ0n) is 10.6. The molecular formula is C13H27NO. The molecule has 0 spiro atoms. The quantitative estimate of drug-likeness (QED) is 0.759. The second-order valence-electron chi connectivity index (χ2n) is 5.20. The van der Waals surface area contributed by atoms with Crippen molar-refractivity contribution in [2.75, 3.05) is 13.1 Å². The zero-order chi connectivity index (χ0) is 11.3. The SMILES string of the molecule is CCCN(CC1CCCCC1O)C(C)C. The van der Waals surface area contributed by atoms with Gasteiger partial charge >= 0.3 is 0 Å². The van der Waals surface area contributed by atoms with Crippen LogP contribution in [0.1, 0.15) is 52.9 Å². The predicted octanol–water partition coefficient (Wildman–Crippen LogP) is 2.66. The van der Waals surface area contributed by atoms with Crippen LogP contribution < -0.4 is 0 Å². The minimum Gasteiger partial charge on any atom is -0.393 e. The van der Waals surface area contributed by atoms with Gasteiger partial charge in [-0.2, -0.15) is 0 Å². The Balaban J connectivity index is 2.41. The number of aliphatic hydroxyl groups excluding tert-OH is 1. The summed E-state index contributed by atoms with van der Waals surface area (Å²) >= 11 is 0. The number of aliphatic hydroxyl groups is 1. The van der Waals surface area contributed by atoms with Crippen LogP contribution in [-0.2, 0) is 0 Å². The van der Waals surface area contributed by atoms with Crippen LogP contribution in [0.4, 0.5) is 0 Å². The Morgan fingerprint density at radius 1 is 1.27 bits per heavy atom. The van der Waals surface area contributed by atoms with Gasteiger partial charge in [-0.1, -0.05) is 19.8 Å². The Labute approximate surface area is 94.7 Å². The fourth-order valence-electron chi connectivity index (χ4n) is 2.55. The number of rotatable bonds is 5. The van der Waals surface area contributed by atoms with Gasteiger partial charge in [-0.25, -0.2) is 0 Å². The first-order valence-corrected chi connectivity index (χ1v) is 6.57. The second-order valence-corrected chi connectivity index (χ2v) is 5.20. The van der Waals surface area contributed by atoms with Gasteiger partial charge in [0.05, 0.1) is 6.10 Å². The largest absolute Gasteiger partial charge is 0.393 e. The van der Waals surface area contributed by atoms with Crippen LogP contribution in [0.5, 0.6) is 0 Å². The molecule has 1 aliphatic carbocycles. The molecule has 0 heterocycles. The Morgan fingerprint density at radius 2 is 1.93 bits per heavy atom. The van der Waals surface area contributed by atoms with Gasteiger partial charge in [0, 0.05) is 12.6 Å². The van der Waals surface area contributed by atoms with Crippen molar-refractivity contribution in [2.24, 2.45) is 5.92 Å². The summed E-state index contributed by atoms with van der Waals surface area (Å²) in [5, 5.41) is 9.94. The Hall–Kier alpha value is -0.0800. The minimum absolute atomic E-state index is 0.0446. The molecule has 2 nitrogen and oxygen atoms in total. The summed E-state index contributed by atoms with van der Waals surface area (Å²) in [6.07, 6.45) is 5.92. The topological polar surface area (TPSA) is 23.5 Å². The third kappa shape index (κ3) is 4.12. The van der Waals surface area contributed by atoms with E-state index >= 15 is 0 Å². The molecule has 0 radical (unpaired) electrons. The molecule has 90 valence electrons. The van der Waals surface area contributed by atoms with Crippen LogP contribution in [0, 0.1) is 5.92 Å². The van der Waals surface area contributed by atoms with Crippen molar-refractivity contribution in [3.63, 3.8) is 0 Å². The van der Waals surface area contributed by atoms with E-state index in [0.717, 1.165) is 13.0 Å². The van der Waals surface area contributed by atoms with Crippen LogP contribution in [-0.4, -0.2) is 35.2 Å². The van der Waals surface area contributed by atoms with E-state index in [9.17, 15) is 5.11 Å². The molecule has 0 saturated heterocycles. The fraction of sp³-hybridized carbons (Fsp3) is 1.00. The van der Waals surface area contributed by atoms with Crippen molar-refractivity contribution in [3.8, 4) is 0 Å². The lowest BCUT2D eigenvalue weighted by molar-refractivity contribution is 0.0396. The normalized spacial score (nSPS) is 27.6. The maximum absolute atomic E-state index is 9.94. The van der Waals surface area contributed by atoms with Crippen LogP contribution in [0.25, 0.3) is 0 Å². The number of hydrogen-bond acceptors (Lipinski definition) is 2. The van der Waals surface area contributed by atoms with Gasteiger partial charge in [-0.15, -0.1) is 0 Å². The summed E-state index contributed by atoms with van der Waals surface area (Å²) in [5.74, 6) is 0.521. The molecule has 0 aromatic rings. The van der Waals surface area contributed by atoms with Crippen molar-refractivity contribution in [3.05, 3.63) is 0 Å². The van der Waals surface area contributed by atoms with Crippen LogP contribution in [0.15, 0.2) is 0 Å². The van der Waals surface area contributed by atoms with Crippen molar-refractivity contribution in [1.29, 1.82) is 0 Å². The van der Waals surface area contributed by atoms with Crippen molar-refractivity contribution in [1.82, 2.24) is 4.90 Å². The maximum Gasteiger partial charge on any atom is 0.0580 e. The van der Waals surface area contributed by atoms with Gasteiger partial charge in [0.1, 0.15) is 0 Å². The molecule has 1 N–H and O–H groups in total. The molecule has 0 aromatic heterocycles. The molecule has 15 heavy (non-hydrogen) atoms. The lowest BCUT2D eigenvalue weighted by Crippen LogP contribution is -2.40. The van der Waals surface area contributed by atoms with Gasteiger partial charge in [0.2, 0.25) is 0 Å². The van der Waals surface area contributed by atoms with Gasteiger partial charge < -0.3 is 10.0 Å². The van der Waals surface area contributed by atoms with E-state index in [1.54, 1.807) is 0 Å². The molecule has 2 unspecified atom stereocenters. The van der Waals surface area contributed by atoms with Crippen LogP contribution >= 0.6 is 0 Å². The molecule has 1 aliphatic rings. The summed E-state index contributed by atoms with van der Waals surface area (Å²) in [4.78, 5) is 2.51. The Bertz CT molecular complexity index is 168. The number of hydrogen-bond donors (Lipinski definition) is 1. The lowest BCUT2D eigenvalue weighted by Gasteiger charge is -2.34. The minimum atomic E-state index is -0.0446. The smallest absolute Gasteiger partial charge is 0.0580 e. The monoisotopic (exact) mass is 213 g/mol. The summed E-state index contributed by atoms with van der Waals surface area (Å²) in [7, 11) is 0. The van der Waals surface area contributed by atoms with Gasteiger partial charge in [0.15, 0.2) is 0 Å². The fourth-order valence-corrected chi connectivity index (χ4v) is 2.55. The van der Waals surface area contributed by atoms with E-state index in [-0.39, 0.29) is 6.10 Å².